The van der Waals surface area contributed by atoms with E-state index in [1.54, 1.807) is 0 Å². The molecule has 0 N–H and O–H groups in total. The van der Waals surface area contributed by atoms with Crippen molar-refractivity contribution in [2.24, 2.45) is 0 Å². The summed E-state index contributed by atoms with van der Waals surface area (Å²) in [4.78, 5) is 0. The third kappa shape index (κ3) is 5.35. The van der Waals surface area contributed by atoms with E-state index in [-0.39, 0.29) is 0 Å². The summed E-state index contributed by atoms with van der Waals surface area (Å²) >= 11 is 0. The minimum absolute atomic E-state index is 0.389. The maximum Gasteiger partial charge on any atom is 0.130 e. The van der Waals surface area contributed by atoms with Crippen LogP contribution in [-0.4, -0.2) is 26.6 Å². The molecule has 0 aromatic rings. The minimum atomic E-state index is 0.389. The van der Waals surface area contributed by atoms with Crippen LogP contribution in [0.1, 0.15) is 0 Å². The molecule has 0 rings (SSSR count). The van der Waals surface area contributed by atoms with E-state index < -0.39 is 0 Å². The fraction of sp³-hybridized carbons (Fsp3) is 0. The van der Waals surface area contributed by atoms with E-state index in [1.807, 2.05) is 0 Å². The summed E-state index contributed by atoms with van der Waals surface area (Å²) in [6.07, 6.45) is 0. The minimum Gasteiger partial charge on any atom is -0.213 e. The smallest absolute Gasteiger partial charge is 0.130 e. The van der Waals surface area contributed by atoms with Crippen LogP contribution in [0.2, 0.25) is 0 Å². The van der Waals surface area contributed by atoms with Gasteiger partial charge < -0.3 is 0 Å². The standard InChI is InChI=1S/H8S2Si3/c3-1-5-2-4/h5H2,3-4H3. The zero-order valence-electron chi connectivity index (χ0n) is 3.52. The molecule has 32 valence electrons. The van der Waals surface area contributed by atoms with Crippen molar-refractivity contribution in [3.8, 4) is 0 Å². The van der Waals surface area contributed by atoms with Crippen molar-refractivity contribution in [3.63, 3.8) is 0 Å². The highest BCUT2D eigenvalue weighted by Gasteiger charge is 1.69. The molecule has 0 spiro atoms. The molecule has 0 unspecified atom stereocenters. The Balaban J connectivity index is 2.19. The highest BCUT2D eigenvalue weighted by Crippen LogP contribution is 1.94. The molecule has 0 radical (unpaired) electrons. The van der Waals surface area contributed by atoms with Crippen LogP contribution < -0.4 is 0 Å². The van der Waals surface area contributed by atoms with Crippen molar-refractivity contribution in [3.05, 3.63) is 0 Å². The summed E-state index contributed by atoms with van der Waals surface area (Å²) in [5.41, 5.74) is 0. The maximum atomic E-state index is 2.18. The van der Waals surface area contributed by atoms with Gasteiger partial charge in [-0.3, -0.25) is 0 Å². The van der Waals surface area contributed by atoms with Gasteiger partial charge in [0.05, 0.1) is 18.8 Å². The first-order valence-corrected chi connectivity index (χ1v) is 12.5. The Hall–Kier alpha value is 1.35. The highest BCUT2D eigenvalue weighted by atomic mass is 32.7. The highest BCUT2D eigenvalue weighted by molar-refractivity contribution is 8.63. The molecule has 0 amide bonds. The molecule has 0 atom stereocenters. The fourth-order valence-electron chi connectivity index (χ4n) is 0.118. The molecular weight excluding hydrogens is 148 g/mol. The molecule has 0 aromatic carbocycles. The Morgan fingerprint density at radius 2 is 1.60 bits per heavy atom. The lowest BCUT2D eigenvalue weighted by Gasteiger charge is -1.79. The molecule has 0 aliphatic carbocycles. The van der Waals surface area contributed by atoms with Crippen LogP contribution in [0.5, 0.6) is 0 Å². The maximum absolute atomic E-state index is 2.18. The van der Waals surface area contributed by atoms with Gasteiger partial charge in [-0.05, 0) is 0 Å². The number of rotatable bonds is 2. The third-order valence-corrected chi connectivity index (χ3v) is 19.1. The van der Waals surface area contributed by atoms with Gasteiger partial charge in [0.1, 0.15) is 7.82 Å². The van der Waals surface area contributed by atoms with Crippen molar-refractivity contribution in [1.29, 1.82) is 0 Å². The van der Waals surface area contributed by atoms with Crippen LogP contribution >= 0.6 is 21.3 Å². The molecule has 5 heavy (non-hydrogen) atoms. The van der Waals surface area contributed by atoms with Gasteiger partial charge in [0.15, 0.2) is 0 Å². The topological polar surface area (TPSA) is 0 Å². The Bertz CT molecular complexity index is 12.4. The van der Waals surface area contributed by atoms with Gasteiger partial charge in [-0.15, -0.1) is 0 Å². The molecule has 5 heteroatoms. The molecule has 0 bridgehead atoms. The zero-order valence-corrected chi connectivity index (χ0v) is 10.6. The SMILES string of the molecule is [SiH3]S[SiH2]S[SiH3]. The molecule has 0 nitrogen and oxygen atoms in total. The monoisotopic (exact) mass is 156 g/mol. The van der Waals surface area contributed by atoms with E-state index in [0.717, 1.165) is 0 Å². The van der Waals surface area contributed by atoms with Crippen LogP contribution in [0.15, 0.2) is 0 Å². The van der Waals surface area contributed by atoms with Crippen molar-refractivity contribution in [1.82, 2.24) is 0 Å². The average Bonchev–Trinajstić information content (AvgIpc) is 1.41. The Morgan fingerprint density at radius 1 is 1.20 bits per heavy atom. The quantitative estimate of drug-likeness (QED) is 0.425. The average molecular weight is 156 g/mol. The van der Waals surface area contributed by atoms with Crippen LogP contribution in [0.3, 0.4) is 0 Å². The van der Waals surface area contributed by atoms with E-state index in [0.29, 0.717) is 7.82 Å². The lowest BCUT2D eigenvalue weighted by atomic mass is 27.4. The zero-order chi connectivity index (χ0) is 4.12. The van der Waals surface area contributed by atoms with E-state index in [4.69, 9.17) is 0 Å². The molecule has 0 aliphatic heterocycles. The summed E-state index contributed by atoms with van der Waals surface area (Å²) in [6, 6.07) is 0. The predicted octanol–water partition coefficient (Wildman–Crippen LogP) is -1.99. The molecule has 0 fully saturated rings. The lowest BCUT2D eigenvalue weighted by Crippen LogP contribution is -1.67. The molecule has 0 aliphatic rings. The Morgan fingerprint density at radius 3 is 1.60 bits per heavy atom. The predicted molar refractivity (Wildman–Crippen MR) is 43.6 cm³/mol. The fourth-order valence-corrected chi connectivity index (χ4v) is 28.6. The lowest BCUT2D eigenvalue weighted by molar-refractivity contribution is 4.71. The van der Waals surface area contributed by atoms with Crippen LogP contribution in [0.25, 0.3) is 0 Å². The normalized spacial score (nSPS) is 12.0. The van der Waals surface area contributed by atoms with E-state index >= 15 is 0 Å². The van der Waals surface area contributed by atoms with Gasteiger partial charge in [0, 0.05) is 0 Å². The van der Waals surface area contributed by atoms with Crippen molar-refractivity contribution >= 4 is 47.9 Å². The molecule has 0 aromatic heterocycles. The molecule has 0 saturated heterocycles. The first kappa shape index (κ1) is 6.35. The van der Waals surface area contributed by atoms with Crippen molar-refractivity contribution in [2.45, 2.75) is 0 Å². The van der Waals surface area contributed by atoms with E-state index in [1.165, 1.54) is 18.8 Å². The second kappa shape index (κ2) is 5.35. The number of hydrogen-bond donors (Lipinski definition) is 0. The number of hydrogen-bond acceptors (Lipinski definition) is 2. The van der Waals surface area contributed by atoms with Gasteiger partial charge >= 0.3 is 0 Å². The molecule has 0 heterocycles. The van der Waals surface area contributed by atoms with Crippen LogP contribution in [0.4, 0.5) is 0 Å². The van der Waals surface area contributed by atoms with Crippen LogP contribution in [0, 0.1) is 0 Å². The Kier molecular flexibility index (Phi) is 6.80. The molecule has 0 saturated carbocycles. The van der Waals surface area contributed by atoms with Gasteiger partial charge in [-0.25, -0.2) is 21.3 Å². The van der Waals surface area contributed by atoms with Gasteiger partial charge in [-0.1, -0.05) is 0 Å². The Labute approximate surface area is 48.1 Å². The summed E-state index contributed by atoms with van der Waals surface area (Å²) < 4.78 is 0. The first-order chi connectivity index (χ1) is 2.41. The van der Waals surface area contributed by atoms with Crippen molar-refractivity contribution < 1.29 is 0 Å². The van der Waals surface area contributed by atoms with E-state index in [2.05, 4.69) is 21.3 Å². The van der Waals surface area contributed by atoms with Crippen LogP contribution in [-0.2, 0) is 0 Å². The summed E-state index contributed by atoms with van der Waals surface area (Å²) in [5.74, 6) is 0. The van der Waals surface area contributed by atoms with E-state index in [9.17, 15) is 0 Å². The second-order valence-electron chi connectivity index (χ2n) is 0.695. The third-order valence-electron chi connectivity index (χ3n) is 0.236. The summed E-state index contributed by atoms with van der Waals surface area (Å²) in [6.45, 7) is 0. The van der Waals surface area contributed by atoms with Gasteiger partial charge in [0.25, 0.3) is 0 Å². The second-order valence-corrected chi connectivity index (χ2v) is 18.8. The first-order valence-electron chi connectivity index (χ1n) is 1.39. The molecular formula is H8S2Si3. The summed E-state index contributed by atoms with van der Waals surface area (Å²) in [7, 11) is 7.50. The van der Waals surface area contributed by atoms with Gasteiger partial charge in [0.2, 0.25) is 0 Å². The largest absolute Gasteiger partial charge is 0.213 e. The van der Waals surface area contributed by atoms with Crippen molar-refractivity contribution in [2.75, 3.05) is 0 Å². The summed E-state index contributed by atoms with van der Waals surface area (Å²) in [5, 5.41) is 0. The van der Waals surface area contributed by atoms with Gasteiger partial charge in [-0.2, -0.15) is 0 Å².